The highest BCUT2D eigenvalue weighted by Gasteiger charge is 2.31. The number of rotatable bonds is 3. The molecular formula is C15H13NOS2. The normalized spacial score (nSPS) is 17.1. The maximum Gasteiger partial charge on any atom is 0.267 e. The molecule has 0 aromatic heterocycles. The molecule has 19 heavy (non-hydrogen) atoms. The molecule has 0 N–H and O–H groups in total. The van der Waals surface area contributed by atoms with Crippen LogP contribution >= 0.6 is 24.0 Å². The lowest BCUT2D eigenvalue weighted by atomic mass is 10.1. The SMILES string of the molecule is C#CCN1C(=O)/C(=C\c2ccc(CC)cc2)SC1=S. The number of aryl methyl sites for hydroxylation is 1. The van der Waals surface area contributed by atoms with Crippen molar-refractivity contribution in [3.63, 3.8) is 0 Å². The standard InChI is InChI=1S/C15H13NOS2/c1-3-9-16-14(17)13(19-15(16)18)10-12-7-5-11(4-2)6-8-12/h1,5-8,10H,4,9H2,2H3/b13-10+. The second-order valence-electron chi connectivity index (χ2n) is 4.07. The fourth-order valence-corrected chi connectivity index (χ4v) is 2.98. The van der Waals surface area contributed by atoms with Crippen LogP contribution in [0.3, 0.4) is 0 Å². The number of carbonyl (C=O) groups excluding carboxylic acids is 1. The third-order valence-electron chi connectivity index (χ3n) is 2.81. The fourth-order valence-electron chi connectivity index (χ4n) is 1.73. The Bertz CT molecular complexity index is 581. The molecule has 0 atom stereocenters. The molecule has 0 unspecified atom stereocenters. The van der Waals surface area contributed by atoms with Gasteiger partial charge in [0.15, 0.2) is 0 Å². The highest BCUT2D eigenvalue weighted by molar-refractivity contribution is 8.26. The maximum absolute atomic E-state index is 12.1. The molecule has 1 aliphatic heterocycles. The van der Waals surface area contributed by atoms with E-state index < -0.39 is 0 Å². The predicted molar refractivity (Wildman–Crippen MR) is 84.5 cm³/mol. The summed E-state index contributed by atoms with van der Waals surface area (Å²) >= 11 is 6.45. The van der Waals surface area contributed by atoms with Crippen LogP contribution in [-0.4, -0.2) is 21.7 Å². The molecule has 1 aromatic rings. The summed E-state index contributed by atoms with van der Waals surface area (Å²) in [6.45, 7) is 2.34. The van der Waals surface area contributed by atoms with E-state index in [1.807, 2.05) is 18.2 Å². The molecule has 0 saturated carbocycles. The number of thioether (sulfide) groups is 1. The van der Waals surface area contributed by atoms with Crippen LogP contribution in [-0.2, 0) is 11.2 Å². The van der Waals surface area contributed by atoms with E-state index in [1.54, 1.807) is 0 Å². The highest BCUT2D eigenvalue weighted by atomic mass is 32.2. The molecule has 0 bridgehead atoms. The Morgan fingerprint density at radius 3 is 2.68 bits per heavy atom. The molecule has 96 valence electrons. The Balaban J connectivity index is 2.22. The maximum atomic E-state index is 12.1. The van der Waals surface area contributed by atoms with Crippen molar-refractivity contribution in [1.82, 2.24) is 4.90 Å². The van der Waals surface area contributed by atoms with Gasteiger partial charge in [-0.25, -0.2) is 0 Å². The van der Waals surface area contributed by atoms with Gasteiger partial charge in [0.1, 0.15) is 4.32 Å². The summed E-state index contributed by atoms with van der Waals surface area (Å²) in [6.07, 6.45) is 8.09. The second kappa shape index (κ2) is 6.05. The largest absolute Gasteiger partial charge is 0.281 e. The summed E-state index contributed by atoms with van der Waals surface area (Å²) in [4.78, 5) is 14.2. The molecular weight excluding hydrogens is 274 g/mol. The molecule has 2 nitrogen and oxygen atoms in total. The summed E-state index contributed by atoms with van der Waals surface area (Å²) in [5.74, 6) is 2.34. The van der Waals surface area contributed by atoms with Crippen molar-refractivity contribution in [3.8, 4) is 12.3 Å². The predicted octanol–water partition coefficient (Wildman–Crippen LogP) is 3.08. The minimum absolute atomic E-state index is 0.104. The van der Waals surface area contributed by atoms with Crippen molar-refractivity contribution in [2.75, 3.05) is 6.54 Å². The van der Waals surface area contributed by atoms with Gasteiger partial charge in [-0.05, 0) is 23.6 Å². The fraction of sp³-hybridized carbons (Fsp3) is 0.200. The number of hydrogen-bond donors (Lipinski definition) is 0. The molecule has 1 amide bonds. The van der Waals surface area contributed by atoms with Crippen LogP contribution in [0, 0.1) is 12.3 Å². The third-order valence-corrected chi connectivity index (χ3v) is 4.19. The zero-order valence-corrected chi connectivity index (χ0v) is 12.2. The van der Waals surface area contributed by atoms with E-state index in [0.717, 1.165) is 12.0 Å². The van der Waals surface area contributed by atoms with Gasteiger partial charge < -0.3 is 0 Å². The zero-order chi connectivity index (χ0) is 13.8. The Labute approximate surface area is 122 Å². The van der Waals surface area contributed by atoms with Crippen LogP contribution in [0.1, 0.15) is 18.1 Å². The minimum atomic E-state index is -0.104. The lowest BCUT2D eigenvalue weighted by Gasteiger charge is -2.08. The van der Waals surface area contributed by atoms with Gasteiger partial charge in [0, 0.05) is 0 Å². The van der Waals surface area contributed by atoms with Crippen LogP contribution in [0.5, 0.6) is 0 Å². The average Bonchev–Trinajstić information content (AvgIpc) is 2.68. The van der Waals surface area contributed by atoms with Gasteiger partial charge in [-0.2, -0.15) is 0 Å². The van der Waals surface area contributed by atoms with E-state index in [-0.39, 0.29) is 12.5 Å². The van der Waals surface area contributed by atoms with Crippen LogP contribution in [0.4, 0.5) is 0 Å². The number of thiocarbonyl (C=S) groups is 1. The van der Waals surface area contributed by atoms with Gasteiger partial charge in [-0.15, -0.1) is 6.42 Å². The van der Waals surface area contributed by atoms with E-state index in [9.17, 15) is 4.79 Å². The molecule has 2 rings (SSSR count). The van der Waals surface area contributed by atoms with Crippen LogP contribution in [0.25, 0.3) is 6.08 Å². The van der Waals surface area contributed by atoms with Crippen molar-refractivity contribution in [2.24, 2.45) is 0 Å². The number of benzene rings is 1. The Morgan fingerprint density at radius 2 is 2.11 bits per heavy atom. The molecule has 4 heteroatoms. The average molecular weight is 287 g/mol. The van der Waals surface area contributed by atoms with Crippen molar-refractivity contribution >= 4 is 40.3 Å². The first-order chi connectivity index (χ1) is 9.15. The molecule has 1 fully saturated rings. The molecule has 1 aliphatic rings. The van der Waals surface area contributed by atoms with Crippen molar-refractivity contribution in [1.29, 1.82) is 0 Å². The van der Waals surface area contributed by atoms with Gasteiger partial charge >= 0.3 is 0 Å². The monoisotopic (exact) mass is 287 g/mol. The van der Waals surface area contributed by atoms with Gasteiger partial charge in [0.2, 0.25) is 0 Å². The van der Waals surface area contributed by atoms with Crippen LogP contribution in [0.2, 0.25) is 0 Å². The van der Waals surface area contributed by atoms with E-state index in [2.05, 4.69) is 25.0 Å². The van der Waals surface area contributed by atoms with E-state index in [1.165, 1.54) is 22.2 Å². The Kier molecular flexibility index (Phi) is 4.41. The van der Waals surface area contributed by atoms with Crippen molar-refractivity contribution in [3.05, 3.63) is 40.3 Å². The van der Waals surface area contributed by atoms with Gasteiger partial charge in [-0.1, -0.05) is 61.1 Å². The lowest BCUT2D eigenvalue weighted by molar-refractivity contribution is -0.121. The quantitative estimate of drug-likeness (QED) is 0.484. The summed E-state index contributed by atoms with van der Waals surface area (Å²) in [5.41, 5.74) is 2.27. The number of hydrogen-bond acceptors (Lipinski definition) is 3. The molecule has 0 spiro atoms. The van der Waals surface area contributed by atoms with Crippen LogP contribution in [0.15, 0.2) is 29.2 Å². The number of nitrogens with zero attached hydrogens (tertiary/aromatic N) is 1. The molecule has 1 aromatic carbocycles. The minimum Gasteiger partial charge on any atom is -0.281 e. The van der Waals surface area contributed by atoms with E-state index in [0.29, 0.717) is 9.23 Å². The molecule has 0 aliphatic carbocycles. The van der Waals surface area contributed by atoms with Gasteiger partial charge in [0.05, 0.1) is 11.4 Å². The topological polar surface area (TPSA) is 20.3 Å². The van der Waals surface area contributed by atoms with E-state index in [4.69, 9.17) is 18.6 Å². The van der Waals surface area contributed by atoms with Gasteiger partial charge in [-0.3, -0.25) is 9.69 Å². The summed E-state index contributed by atoms with van der Waals surface area (Å²) in [6, 6.07) is 8.14. The summed E-state index contributed by atoms with van der Waals surface area (Å²) < 4.78 is 0.527. The Morgan fingerprint density at radius 1 is 1.42 bits per heavy atom. The third kappa shape index (κ3) is 3.06. The second-order valence-corrected chi connectivity index (χ2v) is 5.74. The number of amides is 1. The number of carbonyl (C=O) groups is 1. The number of terminal acetylenes is 1. The smallest absolute Gasteiger partial charge is 0.267 e. The highest BCUT2D eigenvalue weighted by Crippen LogP contribution is 2.32. The molecule has 1 heterocycles. The first kappa shape index (κ1) is 13.9. The van der Waals surface area contributed by atoms with Gasteiger partial charge in [0.25, 0.3) is 5.91 Å². The van der Waals surface area contributed by atoms with Crippen LogP contribution < -0.4 is 0 Å². The summed E-state index contributed by atoms with van der Waals surface area (Å²) in [5, 5.41) is 0. The first-order valence-corrected chi connectivity index (χ1v) is 7.16. The van der Waals surface area contributed by atoms with Crippen molar-refractivity contribution < 1.29 is 4.79 Å². The Hall–Kier alpha value is -1.57. The summed E-state index contributed by atoms with van der Waals surface area (Å²) in [7, 11) is 0. The lowest BCUT2D eigenvalue weighted by Crippen LogP contribution is -2.28. The van der Waals surface area contributed by atoms with E-state index >= 15 is 0 Å². The zero-order valence-electron chi connectivity index (χ0n) is 10.6. The van der Waals surface area contributed by atoms with Crippen molar-refractivity contribution in [2.45, 2.75) is 13.3 Å². The molecule has 1 saturated heterocycles. The molecule has 0 radical (unpaired) electrons. The first-order valence-electron chi connectivity index (χ1n) is 5.93.